The van der Waals surface area contributed by atoms with Gasteiger partial charge in [-0.05, 0) is 50.5 Å². The Morgan fingerprint density at radius 1 is 1.53 bits per heavy atom. The fourth-order valence-electron chi connectivity index (χ4n) is 1.41. The minimum Gasteiger partial charge on any atom is -0.305 e. The van der Waals surface area contributed by atoms with E-state index < -0.39 is 0 Å². The van der Waals surface area contributed by atoms with Crippen molar-refractivity contribution < 1.29 is 0 Å². The summed E-state index contributed by atoms with van der Waals surface area (Å²) in [6, 6.07) is 1.96. The Bertz CT molecular complexity index is 606. The first-order valence-corrected chi connectivity index (χ1v) is 7.78. The second-order valence-corrected chi connectivity index (χ2v) is 6.80. The van der Waals surface area contributed by atoms with E-state index in [-0.39, 0.29) is 11.5 Å². The predicted octanol–water partition coefficient (Wildman–Crippen LogP) is 3.99. The molecule has 0 aromatic carbocycles. The summed E-state index contributed by atoms with van der Waals surface area (Å²) in [7, 11) is 0. The topological polar surface area (TPSA) is 45.8 Å². The second kappa shape index (κ2) is 5.19. The summed E-state index contributed by atoms with van der Waals surface area (Å²) in [6.07, 6.45) is 0. The van der Waals surface area contributed by atoms with Crippen LogP contribution in [-0.4, -0.2) is 9.97 Å². The van der Waals surface area contributed by atoms with Crippen LogP contribution in [0.2, 0.25) is 0 Å². The Morgan fingerprint density at radius 3 is 2.76 bits per heavy atom. The van der Waals surface area contributed by atoms with Gasteiger partial charge in [0.1, 0.15) is 0 Å². The standard InChI is InChI=1S/C11H10BrIN2OS/c1-5(2)9-8(13)11(16)15-10(14-9)7-3-6(12)4-17-7/h3-5H,1-2H3,(H,14,15,16). The first kappa shape index (κ1) is 13.2. The van der Waals surface area contributed by atoms with Gasteiger partial charge in [-0.3, -0.25) is 4.79 Å². The quantitative estimate of drug-likeness (QED) is 0.741. The van der Waals surface area contributed by atoms with Crippen molar-refractivity contribution in [3.8, 4) is 10.7 Å². The first-order valence-electron chi connectivity index (χ1n) is 5.03. The van der Waals surface area contributed by atoms with Crippen molar-refractivity contribution in [2.24, 2.45) is 0 Å². The Kier molecular flexibility index (Phi) is 4.04. The molecular weight excluding hydrogens is 415 g/mol. The summed E-state index contributed by atoms with van der Waals surface area (Å²) < 4.78 is 1.68. The predicted molar refractivity (Wildman–Crippen MR) is 82.7 cm³/mol. The van der Waals surface area contributed by atoms with Crippen LogP contribution in [0.1, 0.15) is 25.5 Å². The monoisotopic (exact) mass is 424 g/mol. The molecule has 17 heavy (non-hydrogen) atoms. The van der Waals surface area contributed by atoms with Gasteiger partial charge in [-0.15, -0.1) is 11.3 Å². The van der Waals surface area contributed by atoms with Crippen LogP contribution in [0.3, 0.4) is 0 Å². The van der Waals surface area contributed by atoms with E-state index in [2.05, 4.69) is 25.9 Å². The zero-order chi connectivity index (χ0) is 12.6. The molecule has 0 saturated carbocycles. The molecule has 2 rings (SSSR count). The van der Waals surface area contributed by atoms with Crippen molar-refractivity contribution in [1.82, 2.24) is 9.97 Å². The van der Waals surface area contributed by atoms with Gasteiger partial charge in [-0.25, -0.2) is 4.98 Å². The number of nitrogens with zero attached hydrogens (tertiary/aromatic N) is 1. The molecule has 1 N–H and O–H groups in total. The lowest BCUT2D eigenvalue weighted by Gasteiger charge is -2.08. The van der Waals surface area contributed by atoms with Crippen LogP contribution in [0, 0.1) is 3.57 Å². The highest BCUT2D eigenvalue weighted by molar-refractivity contribution is 14.1. The third kappa shape index (κ3) is 2.79. The van der Waals surface area contributed by atoms with Crippen LogP contribution in [0.4, 0.5) is 0 Å². The molecule has 90 valence electrons. The highest BCUT2D eigenvalue weighted by Crippen LogP contribution is 2.28. The van der Waals surface area contributed by atoms with Crippen molar-refractivity contribution in [3.05, 3.63) is 35.5 Å². The Labute approximate surface area is 125 Å². The molecule has 0 bridgehead atoms. The van der Waals surface area contributed by atoms with Crippen LogP contribution >= 0.6 is 49.9 Å². The Balaban J connectivity index is 2.61. The van der Waals surface area contributed by atoms with E-state index in [9.17, 15) is 4.79 Å². The summed E-state index contributed by atoms with van der Waals surface area (Å²) in [5, 5.41) is 1.97. The summed E-state index contributed by atoms with van der Waals surface area (Å²) >= 11 is 7.00. The van der Waals surface area contributed by atoms with Gasteiger partial charge in [-0.1, -0.05) is 13.8 Å². The smallest absolute Gasteiger partial charge is 0.264 e. The Morgan fingerprint density at radius 2 is 2.24 bits per heavy atom. The molecule has 0 atom stereocenters. The molecule has 0 aliphatic rings. The van der Waals surface area contributed by atoms with E-state index in [0.29, 0.717) is 9.39 Å². The molecule has 2 heterocycles. The van der Waals surface area contributed by atoms with E-state index in [1.807, 2.05) is 47.9 Å². The van der Waals surface area contributed by atoms with Gasteiger partial charge < -0.3 is 4.98 Å². The molecule has 0 radical (unpaired) electrons. The lowest BCUT2D eigenvalue weighted by Crippen LogP contribution is -2.16. The van der Waals surface area contributed by atoms with Gasteiger partial charge in [-0.2, -0.15) is 0 Å². The van der Waals surface area contributed by atoms with E-state index in [4.69, 9.17) is 0 Å². The molecule has 6 heteroatoms. The van der Waals surface area contributed by atoms with Crippen LogP contribution in [0.5, 0.6) is 0 Å². The van der Waals surface area contributed by atoms with Gasteiger partial charge in [0.15, 0.2) is 5.82 Å². The van der Waals surface area contributed by atoms with Crippen LogP contribution < -0.4 is 5.56 Å². The summed E-state index contributed by atoms with van der Waals surface area (Å²) in [6.45, 7) is 4.08. The van der Waals surface area contributed by atoms with Crippen molar-refractivity contribution >= 4 is 49.9 Å². The maximum absolute atomic E-state index is 11.8. The molecule has 0 unspecified atom stereocenters. The maximum Gasteiger partial charge on any atom is 0.264 e. The van der Waals surface area contributed by atoms with Gasteiger partial charge in [0, 0.05) is 9.85 Å². The summed E-state index contributed by atoms with van der Waals surface area (Å²) in [4.78, 5) is 20.2. The average Bonchev–Trinajstić information content (AvgIpc) is 2.68. The SMILES string of the molecule is CC(C)c1nc(-c2cc(Br)cs2)[nH]c(=O)c1I. The molecule has 0 spiro atoms. The van der Waals surface area contributed by atoms with Crippen molar-refractivity contribution in [2.45, 2.75) is 19.8 Å². The zero-order valence-electron chi connectivity index (χ0n) is 9.25. The lowest BCUT2D eigenvalue weighted by atomic mass is 10.1. The van der Waals surface area contributed by atoms with Crippen molar-refractivity contribution in [2.75, 3.05) is 0 Å². The largest absolute Gasteiger partial charge is 0.305 e. The number of hydrogen-bond donors (Lipinski definition) is 1. The number of thiophene rings is 1. The Hall–Kier alpha value is -0.210. The molecule has 0 fully saturated rings. The van der Waals surface area contributed by atoms with Gasteiger partial charge in [0.2, 0.25) is 0 Å². The molecule has 0 saturated heterocycles. The number of H-pyrrole nitrogens is 1. The average molecular weight is 425 g/mol. The number of halogens is 2. The van der Waals surface area contributed by atoms with Crippen molar-refractivity contribution in [1.29, 1.82) is 0 Å². The second-order valence-electron chi connectivity index (χ2n) is 3.90. The van der Waals surface area contributed by atoms with Gasteiger partial charge >= 0.3 is 0 Å². The zero-order valence-corrected chi connectivity index (χ0v) is 13.8. The fraction of sp³-hybridized carbons (Fsp3) is 0.273. The number of rotatable bonds is 2. The molecular formula is C11H10BrIN2OS. The molecule has 2 aromatic rings. The highest BCUT2D eigenvalue weighted by Gasteiger charge is 2.13. The highest BCUT2D eigenvalue weighted by atomic mass is 127. The molecule has 0 aliphatic carbocycles. The fourth-order valence-corrected chi connectivity index (χ4v) is 3.66. The minimum absolute atomic E-state index is 0.0659. The molecule has 0 aliphatic heterocycles. The molecule has 3 nitrogen and oxygen atoms in total. The van der Waals surface area contributed by atoms with Gasteiger partial charge in [0.25, 0.3) is 5.56 Å². The summed E-state index contributed by atoms with van der Waals surface area (Å²) in [5.74, 6) is 0.890. The van der Waals surface area contributed by atoms with Gasteiger partial charge in [0.05, 0.1) is 14.1 Å². The number of aromatic nitrogens is 2. The number of nitrogens with one attached hydrogen (secondary N) is 1. The van der Waals surface area contributed by atoms with Crippen molar-refractivity contribution in [3.63, 3.8) is 0 Å². The van der Waals surface area contributed by atoms with Crippen LogP contribution in [0.25, 0.3) is 10.7 Å². The van der Waals surface area contributed by atoms with E-state index >= 15 is 0 Å². The van der Waals surface area contributed by atoms with E-state index in [0.717, 1.165) is 15.0 Å². The van der Waals surface area contributed by atoms with Crippen LogP contribution in [0.15, 0.2) is 20.7 Å². The normalized spacial score (nSPS) is 11.1. The third-order valence-corrected chi connectivity index (χ3v) is 4.98. The van der Waals surface area contributed by atoms with Crippen LogP contribution in [-0.2, 0) is 0 Å². The maximum atomic E-state index is 11.8. The molecule has 2 aromatic heterocycles. The summed E-state index contributed by atoms with van der Waals surface area (Å²) in [5.41, 5.74) is 0.790. The lowest BCUT2D eigenvalue weighted by molar-refractivity contribution is 0.803. The first-order chi connectivity index (χ1) is 7.99. The third-order valence-electron chi connectivity index (χ3n) is 2.24. The number of hydrogen-bond acceptors (Lipinski definition) is 3. The number of aromatic amines is 1. The van der Waals surface area contributed by atoms with E-state index in [1.54, 1.807) is 11.3 Å². The van der Waals surface area contributed by atoms with E-state index in [1.165, 1.54) is 0 Å². The minimum atomic E-state index is -0.0659. The molecule has 0 amide bonds.